The molecule has 0 unspecified atom stereocenters. The summed E-state index contributed by atoms with van der Waals surface area (Å²) in [6.45, 7) is 0.462. The summed E-state index contributed by atoms with van der Waals surface area (Å²) in [6.07, 6.45) is -6.84. The fourth-order valence-electron chi connectivity index (χ4n) is 5.45. The maximum absolute atomic E-state index is 13.3. The first-order chi connectivity index (χ1) is 18.4. The van der Waals surface area contributed by atoms with Gasteiger partial charge in [-0.2, -0.15) is 26.3 Å². The number of hydrogen-bond donors (Lipinski definition) is 1. The predicted octanol–water partition coefficient (Wildman–Crippen LogP) is 8.75. The number of benzene rings is 3. The quantitative estimate of drug-likeness (QED) is 0.269. The number of aliphatic carboxylic acids is 1. The van der Waals surface area contributed by atoms with Gasteiger partial charge in [0.15, 0.2) is 0 Å². The van der Waals surface area contributed by atoms with E-state index < -0.39 is 35.5 Å². The molecule has 216 valence electrons. The van der Waals surface area contributed by atoms with Crippen molar-refractivity contribution in [1.82, 2.24) is 4.90 Å². The van der Waals surface area contributed by atoms with Crippen LogP contribution in [0.1, 0.15) is 65.6 Å². The number of nitrogens with zero attached hydrogens (tertiary/aromatic N) is 1. The van der Waals surface area contributed by atoms with Gasteiger partial charge in [-0.25, -0.2) is 0 Å². The SMILES string of the molecule is Cl.O=C(O)C[C@@H]1CCN([C@H](CCc2ccccc2)c2ccc(C(F)(F)F)cc2)[C@H](c2ccc(C(F)(F)F)cc2)C1. The molecule has 1 aliphatic rings. The molecule has 3 aromatic carbocycles. The van der Waals surface area contributed by atoms with Crippen LogP contribution in [0, 0.1) is 5.92 Å². The number of alkyl halides is 6. The molecule has 10 heteroatoms. The Kier molecular flexibility index (Phi) is 10.3. The van der Waals surface area contributed by atoms with Gasteiger partial charge < -0.3 is 5.11 Å². The molecule has 0 radical (unpaired) electrons. The monoisotopic (exact) mass is 585 g/mol. The lowest BCUT2D eigenvalue weighted by atomic mass is 9.82. The maximum atomic E-state index is 13.3. The summed E-state index contributed by atoms with van der Waals surface area (Å²) < 4.78 is 79.4. The van der Waals surface area contributed by atoms with Crippen LogP contribution in [-0.2, 0) is 23.6 Å². The molecule has 1 aliphatic heterocycles. The molecule has 1 N–H and O–H groups in total. The van der Waals surface area contributed by atoms with Crippen molar-refractivity contribution >= 4 is 18.4 Å². The Hall–Kier alpha value is -3.04. The summed E-state index contributed by atoms with van der Waals surface area (Å²) in [5, 5.41) is 9.37. The van der Waals surface area contributed by atoms with Crippen LogP contribution in [0.15, 0.2) is 78.9 Å². The number of hydrogen-bond acceptors (Lipinski definition) is 2. The first-order valence-corrected chi connectivity index (χ1v) is 12.8. The zero-order valence-corrected chi connectivity index (χ0v) is 22.3. The highest BCUT2D eigenvalue weighted by Crippen LogP contribution is 2.43. The van der Waals surface area contributed by atoms with Gasteiger partial charge in [-0.1, -0.05) is 54.6 Å². The number of carbonyl (C=O) groups is 1. The van der Waals surface area contributed by atoms with E-state index in [1.54, 1.807) is 0 Å². The van der Waals surface area contributed by atoms with E-state index in [1.807, 2.05) is 30.3 Å². The molecule has 0 aliphatic carbocycles. The van der Waals surface area contributed by atoms with Gasteiger partial charge in [-0.15, -0.1) is 12.4 Å². The van der Waals surface area contributed by atoms with E-state index in [4.69, 9.17) is 0 Å². The molecule has 0 aromatic heterocycles. The fourth-order valence-corrected chi connectivity index (χ4v) is 5.45. The van der Waals surface area contributed by atoms with Crippen LogP contribution in [0.25, 0.3) is 0 Å². The Morgan fingerprint density at radius 2 is 1.40 bits per heavy atom. The van der Waals surface area contributed by atoms with Crippen molar-refractivity contribution in [2.45, 2.75) is 56.5 Å². The minimum absolute atomic E-state index is 0. The lowest BCUT2D eigenvalue weighted by molar-refractivity contribution is -0.139. The number of likely N-dealkylation sites (tertiary alicyclic amines) is 1. The molecule has 0 amide bonds. The summed E-state index contributed by atoms with van der Waals surface area (Å²) in [7, 11) is 0. The topological polar surface area (TPSA) is 40.5 Å². The van der Waals surface area contributed by atoms with Crippen LogP contribution in [-0.4, -0.2) is 22.5 Å². The third kappa shape index (κ3) is 8.01. The summed E-state index contributed by atoms with van der Waals surface area (Å²) >= 11 is 0. The number of aryl methyl sites for hydroxylation is 1. The Balaban J connectivity index is 0.00000441. The van der Waals surface area contributed by atoms with Gasteiger partial charge in [0.05, 0.1) is 11.1 Å². The van der Waals surface area contributed by atoms with Gasteiger partial charge >= 0.3 is 18.3 Å². The lowest BCUT2D eigenvalue weighted by Gasteiger charge is -2.44. The molecule has 3 atom stereocenters. The molecule has 3 aromatic rings. The summed E-state index contributed by atoms with van der Waals surface area (Å²) in [5.41, 5.74) is 0.815. The van der Waals surface area contributed by atoms with Crippen molar-refractivity contribution in [1.29, 1.82) is 0 Å². The van der Waals surface area contributed by atoms with Crippen LogP contribution < -0.4 is 0 Å². The highest BCUT2D eigenvalue weighted by molar-refractivity contribution is 5.85. The Morgan fingerprint density at radius 3 is 1.93 bits per heavy atom. The van der Waals surface area contributed by atoms with E-state index in [2.05, 4.69) is 4.90 Å². The normalized spacial score (nSPS) is 19.1. The van der Waals surface area contributed by atoms with Gasteiger partial charge in [-0.3, -0.25) is 9.69 Å². The van der Waals surface area contributed by atoms with E-state index in [0.29, 0.717) is 43.4 Å². The third-order valence-electron chi connectivity index (χ3n) is 7.41. The smallest absolute Gasteiger partial charge is 0.416 e. The van der Waals surface area contributed by atoms with E-state index in [9.17, 15) is 36.2 Å². The van der Waals surface area contributed by atoms with Gasteiger partial charge in [0, 0.05) is 18.5 Å². The Bertz CT molecular complexity index is 1230. The lowest BCUT2D eigenvalue weighted by Crippen LogP contribution is -2.40. The molecular formula is C30H30ClF6NO2. The van der Waals surface area contributed by atoms with Crippen molar-refractivity contribution in [3.05, 3.63) is 107 Å². The summed E-state index contributed by atoms with van der Waals surface area (Å²) in [4.78, 5) is 13.6. The minimum Gasteiger partial charge on any atom is -0.481 e. The van der Waals surface area contributed by atoms with Crippen LogP contribution in [0.5, 0.6) is 0 Å². The number of rotatable bonds is 8. The number of carboxylic acids is 1. The molecule has 40 heavy (non-hydrogen) atoms. The Morgan fingerprint density at radius 1 is 0.850 bits per heavy atom. The Labute approximate surface area is 235 Å². The molecule has 3 nitrogen and oxygen atoms in total. The first kappa shape index (κ1) is 31.5. The van der Waals surface area contributed by atoms with Crippen molar-refractivity contribution in [3.63, 3.8) is 0 Å². The molecule has 0 bridgehead atoms. The van der Waals surface area contributed by atoms with Crippen molar-refractivity contribution in [2.24, 2.45) is 5.92 Å². The zero-order valence-electron chi connectivity index (χ0n) is 21.5. The van der Waals surface area contributed by atoms with E-state index in [0.717, 1.165) is 29.8 Å². The first-order valence-electron chi connectivity index (χ1n) is 12.8. The summed E-state index contributed by atoms with van der Waals surface area (Å²) in [6, 6.07) is 18.8. The van der Waals surface area contributed by atoms with Crippen LogP contribution in [0.2, 0.25) is 0 Å². The molecule has 4 rings (SSSR count). The molecule has 0 spiro atoms. The number of piperidine rings is 1. The predicted molar refractivity (Wildman–Crippen MR) is 142 cm³/mol. The van der Waals surface area contributed by atoms with Gasteiger partial charge in [0.25, 0.3) is 0 Å². The molecule has 1 heterocycles. The van der Waals surface area contributed by atoms with Crippen LogP contribution in [0.3, 0.4) is 0 Å². The number of carboxylic acid groups (broad SMARTS) is 1. The van der Waals surface area contributed by atoms with Crippen molar-refractivity contribution in [2.75, 3.05) is 6.54 Å². The van der Waals surface area contributed by atoms with Gasteiger partial charge in [0.2, 0.25) is 0 Å². The molecular weight excluding hydrogens is 556 g/mol. The zero-order chi connectivity index (χ0) is 28.2. The largest absolute Gasteiger partial charge is 0.481 e. The van der Waals surface area contributed by atoms with Gasteiger partial charge in [-0.05, 0) is 79.1 Å². The maximum Gasteiger partial charge on any atom is 0.416 e. The molecule has 0 saturated carbocycles. The number of halogens is 7. The standard InChI is InChI=1S/C30H29F6NO2.ClH/c31-29(32,33)24-11-7-22(8-12-24)26(15-6-20-4-2-1-3-5-20)37-17-16-21(19-28(38)39)18-27(37)23-9-13-25(14-10-23)30(34,35)36;/h1-5,7-14,21,26-27H,6,15-19H2,(H,38,39);1H/t21-,26-,27+;/m1./s1. The van der Waals surface area contributed by atoms with Crippen molar-refractivity contribution in [3.8, 4) is 0 Å². The van der Waals surface area contributed by atoms with Crippen LogP contribution >= 0.6 is 12.4 Å². The highest BCUT2D eigenvalue weighted by atomic mass is 35.5. The van der Waals surface area contributed by atoms with E-state index >= 15 is 0 Å². The van der Waals surface area contributed by atoms with Gasteiger partial charge in [0.1, 0.15) is 0 Å². The van der Waals surface area contributed by atoms with Crippen LogP contribution in [0.4, 0.5) is 26.3 Å². The van der Waals surface area contributed by atoms with Crippen molar-refractivity contribution < 1.29 is 36.2 Å². The minimum atomic E-state index is -4.49. The second-order valence-corrected chi connectivity index (χ2v) is 10.0. The third-order valence-corrected chi connectivity index (χ3v) is 7.41. The second kappa shape index (κ2) is 13.1. The molecule has 1 saturated heterocycles. The fraction of sp³-hybridized carbons (Fsp3) is 0.367. The average Bonchev–Trinajstić information content (AvgIpc) is 2.89. The summed E-state index contributed by atoms with van der Waals surface area (Å²) in [5.74, 6) is -1.11. The van der Waals surface area contributed by atoms with E-state index in [1.165, 1.54) is 24.3 Å². The van der Waals surface area contributed by atoms with E-state index in [-0.39, 0.29) is 30.8 Å². The highest BCUT2D eigenvalue weighted by Gasteiger charge is 2.37. The average molecular weight is 586 g/mol. The molecule has 1 fully saturated rings. The second-order valence-electron chi connectivity index (χ2n) is 10.0.